The maximum atomic E-state index is 13.6. The van der Waals surface area contributed by atoms with E-state index in [1.165, 1.54) is 22.9 Å². The Hall–Kier alpha value is -3.72. The molecule has 0 aliphatic carbocycles. The average molecular weight is 433 g/mol. The Morgan fingerprint density at radius 2 is 2.13 bits per heavy atom. The maximum absolute atomic E-state index is 13.6. The standard InChI is InChI=1S/C19H18F3N7O2/c1-29-15-8-13(26-14(9-23)18(15)27-28-29)11-3-4-16(12(7-11)19(20,21)22)31-6-2-5-25-10-17(24)30/h3-4,7-8,25H,2,5-6,10H2,1H3,(H2,24,30). The van der Waals surface area contributed by atoms with Gasteiger partial charge in [0.25, 0.3) is 0 Å². The van der Waals surface area contributed by atoms with E-state index in [1.807, 2.05) is 6.07 Å². The molecule has 162 valence electrons. The number of aromatic nitrogens is 4. The number of benzene rings is 1. The van der Waals surface area contributed by atoms with Gasteiger partial charge in [-0.2, -0.15) is 18.4 Å². The first-order valence-corrected chi connectivity index (χ1v) is 9.14. The first kappa shape index (κ1) is 22.0. The van der Waals surface area contributed by atoms with Crippen molar-refractivity contribution in [2.45, 2.75) is 12.6 Å². The normalized spacial score (nSPS) is 11.5. The lowest BCUT2D eigenvalue weighted by Crippen LogP contribution is -2.29. The minimum absolute atomic E-state index is 0.0116. The summed E-state index contributed by atoms with van der Waals surface area (Å²) in [7, 11) is 1.61. The first-order valence-electron chi connectivity index (χ1n) is 9.14. The molecule has 0 bridgehead atoms. The van der Waals surface area contributed by atoms with Crippen LogP contribution < -0.4 is 15.8 Å². The predicted octanol–water partition coefficient (Wildman–Crippen LogP) is 1.76. The summed E-state index contributed by atoms with van der Waals surface area (Å²) in [5.74, 6) is -0.848. The lowest BCUT2D eigenvalue weighted by atomic mass is 10.1. The minimum Gasteiger partial charge on any atom is -0.493 e. The average Bonchev–Trinajstić information content (AvgIpc) is 3.10. The van der Waals surface area contributed by atoms with Gasteiger partial charge in [-0.3, -0.25) is 4.79 Å². The Morgan fingerprint density at radius 1 is 1.35 bits per heavy atom. The van der Waals surface area contributed by atoms with Crippen LogP contribution in [0.5, 0.6) is 5.75 Å². The van der Waals surface area contributed by atoms with Gasteiger partial charge in [0.15, 0.2) is 5.69 Å². The van der Waals surface area contributed by atoms with Gasteiger partial charge in [-0.15, -0.1) is 5.10 Å². The number of fused-ring (bicyclic) bond motifs is 1. The first-order chi connectivity index (χ1) is 14.7. The van der Waals surface area contributed by atoms with E-state index in [4.69, 9.17) is 10.5 Å². The predicted molar refractivity (Wildman–Crippen MR) is 104 cm³/mol. The molecule has 0 spiro atoms. The number of hydrogen-bond donors (Lipinski definition) is 2. The molecule has 0 saturated carbocycles. The number of carbonyl (C=O) groups is 1. The van der Waals surface area contributed by atoms with Gasteiger partial charge in [-0.1, -0.05) is 5.21 Å². The largest absolute Gasteiger partial charge is 0.493 e. The van der Waals surface area contributed by atoms with E-state index in [9.17, 15) is 23.2 Å². The lowest BCUT2D eigenvalue weighted by Gasteiger charge is -2.15. The Labute approximate surface area is 174 Å². The Balaban J connectivity index is 1.87. The summed E-state index contributed by atoms with van der Waals surface area (Å²) in [5.41, 5.74) is 5.10. The monoisotopic (exact) mass is 433 g/mol. The van der Waals surface area contributed by atoms with Crippen molar-refractivity contribution in [1.82, 2.24) is 25.3 Å². The molecule has 1 aromatic carbocycles. The highest BCUT2D eigenvalue weighted by Gasteiger charge is 2.35. The van der Waals surface area contributed by atoms with Crippen LogP contribution in [0.1, 0.15) is 17.7 Å². The number of aryl methyl sites for hydroxylation is 1. The van der Waals surface area contributed by atoms with Crippen molar-refractivity contribution in [1.29, 1.82) is 5.26 Å². The van der Waals surface area contributed by atoms with Gasteiger partial charge in [0, 0.05) is 12.6 Å². The van der Waals surface area contributed by atoms with Crippen LogP contribution in [0.2, 0.25) is 0 Å². The molecule has 31 heavy (non-hydrogen) atoms. The van der Waals surface area contributed by atoms with E-state index in [2.05, 4.69) is 20.6 Å². The second-order valence-corrected chi connectivity index (χ2v) is 6.60. The van der Waals surface area contributed by atoms with Crippen molar-refractivity contribution in [3.8, 4) is 23.1 Å². The maximum Gasteiger partial charge on any atom is 0.419 e. The van der Waals surface area contributed by atoms with E-state index in [-0.39, 0.29) is 41.4 Å². The molecule has 0 aliphatic rings. The zero-order chi connectivity index (χ0) is 22.6. The van der Waals surface area contributed by atoms with Crippen LogP contribution >= 0.6 is 0 Å². The second kappa shape index (κ2) is 8.97. The third-order valence-corrected chi connectivity index (χ3v) is 4.34. The Morgan fingerprint density at radius 3 is 2.81 bits per heavy atom. The number of nitriles is 1. The topological polar surface area (TPSA) is 132 Å². The summed E-state index contributed by atoms with van der Waals surface area (Å²) < 4.78 is 47.6. The zero-order valence-corrected chi connectivity index (χ0v) is 16.4. The van der Waals surface area contributed by atoms with Crippen molar-refractivity contribution >= 4 is 16.9 Å². The number of alkyl halides is 3. The number of nitrogens with one attached hydrogen (secondary N) is 1. The Bertz CT molecular complexity index is 1150. The van der Waals surface area contributed by atoms with Crippen molar-refractivity contribution in [2.75, 3.05) is 19.7 Å². The summed E-state index contributed by atoms with van der Waals surface area (Å²) in [5, 5.41) is 19.7. The second-order valence-electron chi connectivity index (χ2n) is 6.60. The smallest absolute Gasteiger partial charge is 0.419 e. The quantitative estimate of drug-likeness (QED) is 0.518. The number of pyridine rings is 1. The molecule has 3 rings (SSSR count). The molecule has 2 heterocycles. The molecule has 3 aromatic rings. The molecule has 0 atom stereocenters. The molecule has 0 aliphatic heterocycles. The summed E-state index contributed by atoms with van der Waals surface area (Å²) in [6.45, 7) is 0.357. The third-order valence-electron chi connectivity index (χ3n) is 4.34. The van der Waals surface area contributed by atoms with Crippen LogP contribution in [-0.4, -0.2) is 45.6 Å². The highest BCUT2D eigenvalue weighted by molar-refractivity contribution is 5.83. The molecular weight excluding hydrogens is 415 g/mol. The van der Waals surface area contributed by atoms with Gasteiger partial charge in [0.1, 0.15) is 17.3 Å². The number of ether oxygens (including phenoxy) is 1. The summed E-state index contributed by atoms with van der Waals surface area (Å²) in [4.78, 5) is 14.8. The summed E-state index contributed by atoms with van der Waals surface area (Å²) in [6.07, 6.45) is -4.28. The van der Waals surface area contributed by atoms with Gasteiger partial charge >= 0.3 is 6.18 Å². The molecule has 12 heteroatoms. The van der Waals surface area contributed by atoms with Crippen molar-refractivity contribution in [3.05, 3.63) is 35.5 Å². The van der Waals surface area contributed by atoms with E-state index in [0.717, 1.165) is 6.07 Å². The third kappa shape index (κ3) is 5.07. The summed E-state index contributed by atoms with van der Waals surface area (Å²) >= 11 is 0. The fourth-order valence-corrected chi connectivity index (χ4v) is 2.88. The SMILES string of the molecule is Cn1nnc2c(C#N)nc(-c3ccc(OCCCNCC(N)=O)c(C(F)(F)F)c3)cc21. The molecule has 0 radical (unpaired) electrons. The van der Waals surface area contributed by atoms with E-state index in [1.54, 1.807) is 7.05 Å². The summed E-state index contributed by atoms with van der Waals surface area (Å²) in [6, 6.07) is 7.00. The van der Waals surface area contributed by atoms with Crippen LogP contribution in [0, 0.1) is 11.3 Å². The number of hydrogen-bond acceptors (Lipinski definition) is 7. The molecule has 0 fully saturated rings. The molecular formula is C19H18F3N7O2. The van der Waals surface area contributed by atoms with Crippen molar-refractivity contribution < 1.29 is 22.7 Å². The van der Waals surface area contributed by atoms with Crippen LogP contribution in [-0.2, 0) is 18.0 Å². The van der Waals surface area contributed by atoms with Crippen LogP contribution in [0.15, 0.2) is 24.3 Å². The number of rotatable bonds is 8. The number of primary amides is 1. The van der Waals surface area contributed by atoms with E-state index >= 15 is 0 Å². The van der Waals surface area contributed by atoms with Crippen LogP contribution in [0.4, 0.5) is 13.2 Å². The molecule has 9 nitrogen and oxygen atoms in total. The van der Waals surface area contributed by atoms with Gasteiger partial charge in [-0.05, 0) is 37.2 Å². The van der Waals surface area contributed by atoms with E-state index in [0.29, 0.717) is 18.5 Å². The van der Waals surface area contributed by atoms with Gasteiger partial charge in [0.2, 0.25) is 5.91 Å². The number of nitrogens with two attached hydrogens (primary N) is 1. The van der Waals surface area contributed by atoms with Gasteiger partial charge in [-0.25, -0.2) is 9.67 Å². The fourth-order valence-electron chi connectivity index (χ4n) is 2.88. The van der Waals surface area contributed by atoms with E-state index < -0.39 is 17.6 Å². The number of carbonyl (C=O) groups excluding carboxylic acids is 1. The zero-order valence-electron chi connectivity index (χ0n) is 16.4. The minimum atomic E-state index is -4.66. The number of amides is 1. The van der Waals surface area contributed by atoms with Crippen LogP contribution in [0.25, 0.3) is 22.3 Å². The van der Waals surface area contributed by atoms with Crippen LogP contribution in [0.3, 0.4) is 0 Å². The van der Waals surface area contributed by atoms with Gasteiger partial charge < -0.3 is 15.8 Å². The molecule has 0 unspecified atom stereocenters. The highest BCUT2D eigenvalue weighted by Crippen LogP contribution is 2.39. The number of halogens is 3. The van der Waals surface area contributed by atoms with Crippen molar-refractivity contribution in [2.24, 2.45) is 12.8 Å². The fraction of sp³-hybridized carbons (Fsp3) is 0.316. The lowest BCUT2D eigenvalue weighted by molar-refractivity contribution is -0.139. The molecule has 0 saturated heterocycles. The van der Waals surface area contributed by atoms with Gasteiger partial charge in [0.05, 0.1) is 29.9 Å². The Kier molecular flexibility index (Phi) is 6.36. The number of nitrogens with zero attached hydrogens (tertiary/aromatic N) is 5. The highest BCUT2D eigenvalue weighted by atomic mass is 19.4. The molecule has 3 N–H and O–H groups in total. The van der Waals surface area contributed by atoms with Crippen molar-refractivity contribution in [3.63, 3.8) is 0 Å². The molecule has 1 amide bonds. The molecule has 2 aromatic heterocycles.